The fourth-order valence-corrected chi connectivity index (χ4v) is 7.47. The van der Waals surface area contributed by atoms with Gasteiger partial charge in [0.15, 0.2) is 16.3 Å². The lowest BCUT2D eigenvalue weighted by Gasteiger charge is -2.27. The van der Waals surface area contributed by atoms with Gasteiger partial charge in [-0.15, -0.1) is 0 Å². The van der Waals surface area contributed by atoms with Gasteiger partial charge in [-0.3, -0.25) is 9.36 Å². The van der Waals surface area contributed by atoms with Crippen molar-refractivity contribution < 1.29 is 23.7 Å². The summed E-state index contributed by atoms with van der Waals surface area (Å²) in [4.78, 5) is 33.1. The van der Waals surface area contributed by atoms with Crippen molar-refractivity contribution in [1.82, 2.24) is 4.57 Å². The predicted molar refractivity (Wildman–Crippen MR) is 187 cm³/mol. The molecule has 0 fully saturated rings. The zero-order valence-electron chi connectivity index (χ0n) is 25.7. The van der Waals surface area contributed by atoms with E-state index < -0.39 is 12.0 Å². The number of methoxy groups -OCH3 is 2. The van der Waals surface area contributed by atoms with Crippen molar-refractivity contribution in [1.29, 1.82) is 0 Å². The maximum absolute atomic E-state index is 14.3. The number of hydrogen-bond donors (Lipinski definition) is 0. The Kier molecular flexibility index (Phi) is 9.27. The SMILES string of the molecule is CCOC(=O)C1=C(C)N=c2s/c(=C/c3cc(I)c(OCc4ccccc4)c(OC)c3)c(=O)n2[C@H]1c1c(OC)ccc2ccccc12. The van der Waals surface area contributed by atoms with Crippen LogP contribution in [-0.2, 0) is 16.1 Å². The summed E-state index contributed by atoms with van der Waals surface area (Å²) >= 11 is 3.48. The van der Waals surface area contributed by atoms with Gasteiger partial charge in [0.1, 0.15) is 18.4 Å². The quantitative estimate of drug-likeness (QED) is 0.133. The van der Waals surface area contributed by atoms with Crippen molar-refractivity contribution in [2.75, 3.05) is 20.8 Å². The van der Waals surface area contributed by atoms with Crippen LogP contribution < -0.4 is 29.1 Å². The van der Waals surface area contributed by atoms with Crippen molar-refractivity contribution >= 4 is 56.7 Å². The lowest BCUT2D eigenvalue weighted by Crippen LogP contribution is -2.40. The minimum Gasteiger partial charge on any atom is -0.496 e. The molecule has 0 unspecified atom stereocenters. The number of nitrogens with zero attached hydrogens (tertiary/aromatic N) is 2. The smallest absolute Gasteiger partial charge is 0.338 e. The molecule has 1 aliphatic heterocycles. The second kappa shape index (κ2) is 13.5. The molecule has 0 saturated carbocycles. The third-order valence-corrected chi connectivity index (χ3v) is 9.50. The molecule has 2 heterocycles. The standard InChI is InChI=1S/C36H31IN2O6S/c1-5-44-35(41)30-21(2)38-36-39(32(30)31-25-14-10-9-13-24(25)15-16-27(31)42-3)34(40)29(46-36)19-23-17-26(37)33(28(18-23)43-4)45-20-22-11-7-6-8-12-22/h6-19,32H,5,20H2,1-4H3/b29-19+/t32-/m1/s1. The van der Waals surface area contributed by atoms with Crippen LogP contribution in [0.3, 0.4) is 0 Å². The molecule has 4 aromatic carbocycles. The van der Waals surface area contributed by atoms with Gasteiger partial charge in [-0.1, -0.05) is 72.0 Å². The number of hydrogen-bond acceptors (Lipinski definition) is 8. The molecule has 0 amide bonds. The van der Waals surface area contributed by atoms with Crippen LogP contribution in [0.2, 0.25) is 0 Å². The van der Waals surface area contributed by atoms with E-state index in [1.165, 1.54) is 11.3 Å². The highest BCUT2D eigenvalue weighted by molar-refractivity contribution is 14.1. The summed E-state index contributed by atoms with van der Waals surface area (Å²) in [5, 5.41) is 1.82. The van der Waals surface area contributed by atoms with Crippen LogP contribution in [0.25, 0.3) is 16.8 Å². The summed E-state index contributed by atoms with van der Waals surface area (Å²) in [5.41, 5.74) is 3.01. The van der Waals surface area contributed by atoms with Crippen LogP contribution in [0, 0.1) is 3.57 Å². The highest BCUT2D eigenvalue weighted by Crippen LogP contribution is 2.40. The van der Waals surface area contributed by atoms with Crippen molar-refractivity contribution in [3.05, 3.63) is 130 Å². The Balaban J connectivity index is 1.51. The number of carbonyl (C=O) groups excluding carboxylic acids is 1. The van der Waals surface area contributed by atoms with Gasteiger partial charge in [0.2, 0.25) is 0 Å². The van der Waals surface area contributed by atoms with Crippen LogP contribution in [0.5, 0.6) is 17.2 Å². The predicted octanol–water partition coefficient (Wildman–Crippen LogP) is 6.15. The molecular formula is C36H31IN2O6S. The molecule has 5 aromatic rings. The van der Waals surface area contributed by atoms with E-state index in [0.29, 0.717) is 50.0 Å². The topological polar surface area (TPSA) is 88.4 Å². The number of fused-ring (bicyclic) bond motifs is 2. The number of halogens is 1. The molecule has 10 heteroatoms. The van der Waals surface area contributed by atoms with Crippen molar-refractivity contribution in [3.8, 4) is 17.2 Å². The highest BCUT2D eigenvalue weighted by Gasteiger charge is 2.36. The van der Waals surface area contributed by atoms with Crippen molar-refractivity contribution in [3.63, 3.8) is 0 Å². The molecule has 1 aromatic heterocycles. The average Bonchev–Trinajstić information content (AvgIpc) is 3.36. The Bertz CT molecular complexity index is 2170. The number of rotatable bonds is 9. The molecule has 8 nitrogen and oxygen atoms in total. The van der Waals surface area contributed by atoms with Gasteiger partial charge in [0.05, 0.1) is 40.2 Å². The average molecular weight is 747 g/mol. The first-order valence-electron chi connectivity index (χ1n) is 14.6. The van der Waals surface area contributed by atoms with E-state index in [9.17, 15) is 9.59 Å². The van der Waals surface area contributed by atoms with Gasteiger partial charge in [0.25, 0.3) is 5.56 Å². The molecule has 0 radical (unpaired) electrons. The highest BCUT2D eigenvalue weighted by atomic mass is 127. The summed E-state index contributed by atoms with van der Waals surface area (Å²) in [7, 11) is 3.18. The molecule has 0 N–H and O–H groups in total. The first kappa shape index (κ1) is 31.6. The number of ether oxygens (including phenoxy) is 4. The molecule has 46 heavy (non-hydrogen) atoms. The van der Waals surface area contributed by atoms with Crippen LogP contribution in [-0.4, -0.2) is 31.4 Å². The zero-order chi connectivity index (χ0) is 32.4. The third-order valence-electron chi connectivity index (χ3n) is 7.72. The monoisotopic (exact) mass is 746 g/mol. The summed E-state index contributed by atoms with van der Waals surface area (Å²) in [6.45, 7) is 4.11. The lowest BCUT2D eigenvalue weighted by molar-refractivity contribution is -0.139. The van der Waals surface area contributed by atoms with E-state index in [0.717, 1.165) is 25.5 Å². The van der Waals surface area contributed by atoms with E-state index in [-0.39, 0.29) is 12.2 Å². The fourth-order valence-electron chi connectivity index (χ4n) is 5.64. The van der Waals surface area contributed by atoms with Gasteiger partial charge in [-0.2, -0.15) is 0 Å². The summed E-state index contributed by atoms with van der Waals surface area (Å²) in [5.74, 6) is 1.22. The minimum absolute atomic E-state index is 0.185. The van der Waals surface area contributed by atoms with E-state index in [1.807, 2.05) is 84.9 Å². The largest absolute Gasteiger partial charge is 0.496 e. The molecule has 0 aliphatic carbocycles. The first-order valence-corrected chi connectivity index (χ1v) is 16.5. The first-order chi connectivity index (χ1) is 22.3. The number of thiazole rings is 1. The summed E-state index contributed by atoms with van der Waals surface area (Å²) < 4.78 is 26.1. The van der Waals surface area contributed by atoms with Gasteiger partial charge in [-0.05, 0) is 82.6 Å². The Morgan fingerprint density at radius 1 is 1.00 bits per heavy atom. The van der Waals surface area contributed by atoms with Gasteiger partial charge < -0.3 is 18.9 Å². The Hall–Kier alpha value is -4.42. The van der Waals surface area contributed by atoms with Gasteiger partial charge >= 0.3 is 5.97 Å². The summed E-state index contributed by atoms with van der Waals surface area (Å²) in [6.07, 6.45) is 1.82. The Labute approximate surface area is 283 Å². The second-order valence-corrected chi connectivity index (χ2v) is 12.7. The van der Waals surface area contributed by atoms with Crippen LogP contribution >= 0.6 is 33.9 Å². The van der Waals surface area contributed by atoms with E-state index in [1.54, 1.807) is 32.6 Å². The summed E-state index contributed by atoms with van der Waals surface area (Å²) in [6, 6.07) is 24.6. The van der Waals surface area contributed by atoms with Crippen molar-refractivity contribution in [2.24, 2.45) is 4.99 Å². The third kappa shape index (κ3) is 5.94. The molecule has 1 aliphatic rings. The van der Waals surface area contributed by atoms with Gasteiger partial charge in [-0.25, -0.2) is 9.79 Å². The van der Waals surface area contributed by atoms with E-state index in [4.69, 9.17) is 23.9 Å². The Morgan fingerprint density at radius 3 is 2.48 bits per heavy atom. The van der Waals surface area contributed by atoms with Crippen LogP contribution in [0.15, 0.2) is 99.9 Å². The molecule has 0 spiro atoms. The maximum atomic E-state index is 14.3. The molecule has 0 bridgehead atoms. The number of aromatic nitrogens is 1. The Morgan fingerprint density at radius 2 is 1.74 bits per heavy atom. The molecule has 234 valence electrons. The fraction of sp³-hybridized carbons (Fsp3) is 0.194. The number of allylic oxidation sites excluding steroid dienone is 1. The number of esters is 1. The van der Waals surface area contributed by atoms with E-state index in [2.05, 4.69) is 22.6 Å². The number of benzene rings is 4. The van der Waals surface area contributed by atoms with E-state index >= 15 is 0 Å². The van der Waals surface area contributed by atoms with Crippen molar-refractivity contribution in [2.45, 2.75) is 26.5 Å². The minimum atomic E-state index is -0.818. The van der Waals surface area contributed by atoms with Crippen LogP contribution in [0.1, 0.15) is 36.6 Å². The molecule has 0 saturated heterocycles. The lowest BCUT2D eigenvalue weighted by atomic mass is 9.90. The molecular weight excluding hydrogens is 715 g/mol. The zero-order valence-corrected chi connectivity index (χ0v) is 28.7. The normalized spacial score (nSPS) is 14.5. The second-order valence-electron chi connectivity index (χ2n) is 10.5. The van der Waals surface area contributed by atoms with Crippen LogP contribution in [0.4, 0.5) is 0 Å². The number of carbonyl (C=O) groups is 1. The molecule has 6 rings (SSSR count). The maximum Gasteiger partial charge on any atom is 0.338 e. The molecule has 1 atom stereocenters. The van der Waals surface area contributed by atoms with Gasteiger partial charge in [0, 0.05) is 5.56 Å².